The van der Waals surface area contributed by atoms with E-state index < -0.39 is 28.7 Å². The molecular weight excluding hydrogens is 548 g/mol. The maximum atomic E-state index is 12.3. The van der Waals surface area contributed by atoms with Gasteiger partial charge in [0.15, 0.2) is 0 Å². The van der Waals surface area contributed by atoms with Crippen LogP contribution < -0.4 is 0 Å². The fourth-order valence-electron chi connectivity index (χ4n) is 3.71. The SMILES string of the molecule is CCCC(=O)OCC(CC)(COCC(COC(=O)CCC)(COC(=O)CCC)COC(=O)CCC)COC(=O)CCC. The highest BCUT2D eigenvalue weighted by molar-refractivity contribution is 5.71. The number of rotatable bonds is 25. The molecule has 0 bridgehead atoms. The maximum absolute atomic E-state index is 12.3. The van der Waals surface area contributed by atoms with Gasteiger partial charge < -0.3 is 28.4 Å². The molecule has 0 radical (unpaired) electrons. The van der Waals surface area contributed by atoms with Crippen LogP contribution in [0.2, 0.25) is 0 Å². The van der Waals surface area contributed by atoms with Gasteiger partial charge in [-0.3, -0.25) is 24.0 Å². The first kappa shape index (κ1) is 39.3. The lowest BCUT2D eigenvalue weighted by Gasteiger charge is -2.35. The molecule has 0 aromatic carbocycles. The van der Waals surface area contributed by atoms with Crippen molar-refractivity contribution in [2.45, 2.75) is 112 Å². The molecule has 11 nitrogen and oxygen atoms in total. The van der Waals surface area contributed by atoms with Crippen molar-refractivity contribution in [2.24, 2.45) is 10.8 Å². The van der Waals surface area contributed by atoms with Crippen LogP contribution in [0.1, 0.15) is 112 Å². The van der Waals surface area contributed by atoms with Gasteiger partial charge in [-0.1, -0.05) is 41.5 Å². The third-order valence-electron chi connectivity index (χ3n) is 6.53. The molecular formula is C31H54O11. The number of hydrogen-bond acceptors (Lipinski definition) is 11. The van der Waals surface area contributed by atoms with Gasteiger partial charge in [0.1, 0.15) is 33.0 Å². The molecule has 0 fully saturated rings. The van der Waals surface area contributed by atoms with Gasteiger partial charge in [-0.15, -0.1) is 0 Å². The van der Waals surface area contributed by atoms with Crippen LogP contribution in [0.5, 0.6) is 0 Å². The van der Waals surface area contributed by atoms with Crippen LogP contribution in [0, 0.1) is 10.8 Å². The minimum absolute atomic E-state index is 0.0127. The fourth-order valence-corrected chi connectivity index (χ4v) is 3.71. The van der Waals surface area contributed by atoms with Crippen molar-refractivity contribution in [1.82, 2.24) is 0 Å². The molecule has 0 saturated heterocycles. The van der Waals surface area contributed by atoms with Crippen LogP contribution in [-0.4, -0.2) is 76.1 Å². The van der Waals surface area contributed by atoms with E-state index in [0.29, 0.717) is 38.5 Å². The van der Waals surface area contributed by atoms with Crippen LogP contribution in [0.15, 0.2) is 0 Å². The summed E-state index contributed by atoms with van der Waals surface area (Å²) in [6, 6.07) is 0. The predicted molar refractivity (Wildman–Crippen MR) is 155 cm³/mol. The largest absolute Gasteiger partial charge is 0.465 e. The Morgan fingerprint density at radius 2 is 0.619 bits per heavy atom. The minimum Gasteiger partial charge on any atom is -0.465 e. The van der Waals surface area contributed by atoms with E-state index in [2.05, 4.69) is 0 Å². The molecule has 0 amide bonds. The molecule has 0 atom stereocenters. The second kappa shape index (κ2) is 22.9. The maximum Gasteiger partial charge on any atom is 0.305 e. The number of esters is 5. The van der Waals surface area contributed by atoms with Gasteiger partial charge in [0.25, 0.3) is 0 Å². The standard InChI is InChI=1S/C31H54O11/c1-7-13-25(32)38-20-30(12-6,21-39-26(33)14-8-2)18-37-19-31(22-40-27(34)15-9-3,23-41-28(35)16-10-4)24-42-29(36)17-11-5/h7-24H2,1-6H3. The molecule has 0 heterocycles. The lowest BCUT2D eigenvalue weighted by atomic mass is 9.87. The van der Waals surface area contributed by atoms with Crippen LogP contribution in [0.25, 0.3) is 0 Å². The highest BCUT2D eigenvalue weighted by atomic mass is 16.6. The van der Waals surface area contributed by atoms with E-state index in [1.807, 2.05) is 41.5 Å². The Labute approximate surface area is 251 Å². The summed E-state index contributed by atoms with van der Waals surface area (Å²) in [6.07, 6.45) is 4.61. The summed E-state index contributed by atoms with van der Waals surface area (Å²) in [5.74, 6) is -2.03. The molecule has 11 heteroatoms. The molecule has 0 aliphatic rings. The molecule has 0 aliphatic carbocycles. The van der Waals surface area contributed by atoms with E-state index in [1.165, 1.54) is 0 Å². The van der Waals surface area contributed by atoms with Crippen LogP contribution >= 0.6 is 0 Å². The summed E-state index contributed by atoms with van der Waals surface area (Å²) in [5, 5.41) is 0. The number of carbonyl (C=O) groups excluding carboxylic acids is 5. The lowest BCUT2D eigenvalue weighted by molar-refractivity contribution is -0.171. The number of ether oxygens (including phenoxy) is 6. The Morgan fingerprint density at radius 1 is 0.381 bits per heavy atom. The van der Waals surface area contributed by atoms with Crippen LogP contribution in [0.3, 0.4) is 0 Å². The van der Waals surface area contributed by atoms with Gasteiger partial charge in [0, 0.05) is 32.1 Å². The summed E-state index contributed by atoms with van der Waals surface area (Å²) >= 11 is 0. The van der Waals surface area contributed by atoms with Gasteiger partial charge in [-0.05, 0) is 38.5 Å². The smallest absolute Gasteiger partial charge is 0.305 e. The molecule has 0 aromatic heterocycles. The van der Waals surface area contributed by atoms with E-state index in [4.69, 9.17) is 28.4 Å². The van der Waals surface area contributed by atoms with E-state index in [-0.39, 0.29) is 90.3 Å². The van der Waals surface area contributed by atoms with Gasteiger partial charge in [-0.2, -0.15) is 0 Å². The van der Waals surface area contributed by atoms with E-state index in [9.17, 15) is 24.0 Å². The Hall–Kier alpha value is -2.69. The van der Waals surface area contributed by atoms with Crippen molar-refractivity contribution in [1.29, 1.82) is 0 Å². The molecule has 0 rings (SSSR count). The van der Waals surface area contributed by atoms with Crippen molar-refractivity contribution in [2.75, 3.05) is 46.2 Å². The van der Waals surface area contributed by atoms with Gasteiger partial charge >= 0.3 is 29.8 Å². The lowest BCUT2D eigenvalue weighted by Crippen LogP contribution is -2.45. The summed E-state index contributed by atoms with van der Waals surface area (Å²) in [4.78, 5) is 61.2. The number of carbonyl (C=O) groups is 5. The van der Waals surface area contributed by atoms with Crippen LogP contribution in [-0.2, 0) is 52.4 Å². The average Bonchev–Trinajstić information content (AvgIpc) is 2.95. The Kier molecular flexibility index (Phi) is 21.4. The summed E-state index contributed by atoms with van der Waals surface area (Å²) in [6.45, 7) is 10.4. The summed E-state index contributed by atoms with van der Waals surface area (Å²) < 4.78 is 33.7. The zero-order chi connectivity index (χ0) is 31.9. The second-order valence-corrected chi connectivity index (χ2v) is 10.9. The molecule has 0 unspecified atom stereocenters. The monoisotopic (exact) mass is 602 g/mol. The Bertz CT molecular complexity index is 732. The zero-order valence-electron chi connectivity index (χ0n) is 26.7. The highest BCUT2D eigenvalue weighted by Crippen LogP contribution is 2.28. The van der Waals surface area contributed by atoms with E-state index >= 15 is 0 Å². The molecule has 42 heavy (non-hydrogen) atoms. The van der Waals surface area contributed by atoms with Crippen molar-refractivity contribution < 1.29 is 52.4 Å². The van der Waals surface area contributed by atoms with Crippen molar-refractivity contribution in [3.05, 3.63) is 0 Å². The number of hydrogen-bond donors (Lipinski definition) is 0. The third kappa shape index (κ3) is 17.3. The quantitative estimate of drug-likeness (QED) is 0.102. The first-order valence-corrected chi connectivity index (χ1v) is 15.4. The van der Waals surface area contributed by atoms with Crippen molar-refractivity contribution in [3.8, 4) is 0 Å². The van der Waals surface area contributed by atoms with Crippen molar-refractivity contribution >= 4 is 29.8 Å². The van der Waals surface area contributed by atoms with E-state index in [0.717, 1.165) is 0 Å². The first-order chi connectivity index (χ1) is 20.0. The van der Waals surface area contributed by atoms with Gasteiger partial charge in [0.2, 0.25) is 0 Å². The molecule has 0 aliphatic heterocycles. The molecule has 0 N–H and O–H groups in total. The van der Waals surface area contributed by atoms with E-state index in [1.54, 1.807) is 0 Å². The van der Waals surface area contributed by atoms with Gasteiger partial charge in [-0.25, -0.2) is 0 Å². The summed E-state index contributed by atoms with van der Waals surface area (Å²) in [5.41, 5.74) is -2.04. The normalized spacial score (nSPS) is 11.5. The average molecular weight is 603 g/mol. The zero-order valence-corrected chi connectivity index (χ0v) is 26.7. The predicted octanol–water partition coefficient (Wildman–Crippen LogP) is 5.10. The van der Waals surface area contributed by atoms with Crippen LogP contribution in [0.4, 0.5) is 0 Å². The topological polar surface area (TPSA) is 141 Å². The first-order valence-electron chi connectivity index (χ1n) is 15.4. The summed E-state index contributed by atoms with van der Waals surface area (Å²) in [7, 11) is 0. The molecule has 0 aromatic rings. The molecule has 244 valence electrons. The van der Waals surface area contributed by atoms with Gasteiger partial charge in [0.05, 0.1) is 24.0 Å². The Balaban J connectivity index is 6.02. The molecule has 0 saturated carbocycles. The fraction of sp³-hybridized carbons (Fsp3) is 0.839. The highest BCUT2D eigenvalue weighted by Gasteiger charge is 2.39. The van der Waals surface area contributed by atoms with Crippen molar-refractivity contribution in [3.63, 3.8) is 0 Å². The minimum atomic E-state index is -1.19. The second-order valence-electron chi connectivity index (χ2n) is 10.9. The molecule has 0 spiro atoms. The third-order valence-corrected chi connectivity index (χ3v) is 6.53. The Morgan fingerprint density at radius 3 is 0.857 bits per heavy atom.